The van der Waals surface area contributed by atoms with E-state index < -0.39 is 6.61 Å². The minimum Gasteiger partial charge on any atom is -0.497 e. The number of amides is 1. The second kappa shape index (κ2) is 8.86. The van der Waals surface area contributed by atoms with Crippen LogP contribution < -0.4 is 19.5 Å². The van der Waals surface area contributed by atoms with E-state index in [1.807, 2.05) is 6.07 Å². The predicted octanol–water partition coefficient (Wildman–Crippen LogP) is 3.28. The molecule has 25 heavy (non-hydrogen) atoms. The highest BCUT2D eigenvalue weighted by molar-refractivity contribution is 5.94. The highest BCUT2D eigenvalue weighted by atomic mass is 19.3. The molecule has 0 bridgehead atoms. The van der Waals surface area contributed by atoms with E-state index in [9.17, 15) is 13.6 Å². The molecular formula is C18H19F2NO4. The number of hydrogen-bond donors (Lipinski definition) is 1. The molecule has 0 fully saturated rings. The number of rotatable bonds is 8. The summed E-state index contributed by atoms with van der Waals surface area (Å²) in [4.78, 5) is 12.1. The van der Waals surface area contributed by atoms with Crippen molar-refractivity contribution >= 4 is 5.91 Å². The lowest BCUT2D eigenvalue weighted by molar-refractivity contribution is -0.0498. The molecule has 0 atom stereocenters. The van der Waals surface area contributed by atoms with Crippen molar-refractivity contribution in [2.45, 2.75) is 13.0 Å². The van der Waals surface area contributed by atoms with Crippen LogP contribution in [0.1, 0.15) is 15.9 Å². The van der Waals surface area contributed by atoms with Crippen LogP contribution in [0.15, 0.2) is 42.5 Å². The Morgan fingerprint density at radius 2 is 1.88 bits per heavy atom. The monoisotopic (exact) mass is 351 g/mol. The third-order valence-corrected chi connectivity index (χ3v) is 3.49. The average molecular weight is 351 g/mol. The normalized spacial score (nSPS) is 10.4. The number of nitrogens with one attached hydrogen (secondary N) is 1. The minimum absolute atomic E-state index is 0.0582. The van der Waals surface area contributed by atoms with Gasteiger partial charge in [-0.05, 0) is 48.4 Å². The van der Waals surface area contributed by atoms with Crippen molar-refractivity contribution in [1.29, 1.82) is 0 Å². The first-order chi connectivity index (χ1) is 12.0. The van der Waals surface area contributed by atoms with Crippen LogP contribution in [0, 0.1) is 0 Å². The summed E-state index contributed by atoms with van der Waals surface area (Å²) in [5.74, 6) is 0.958. The summed E-state index contributed by atoms with van der Waals surface area (Å²) in [5.41, 5.74) is 1.13. The highest BCUT2D eigenvalue weighted by Gasteiger charge is 2.10. The van der Waals surface area contributed by atoms with E-state index in [4.69, 9.17) is 9.47 Å². The van der Waals surface area contributed by atoms with Crippen molar-refractivity contribution in [3.05, 3.63) is 53.6 Å². The molecule has 7 heteroatoms. The van der Waals surface area contributed by atoms with E-state index >= 15 is 0 Å². The van der Waals surface area contributed by atoms with E-state index in [0.717, 1.165) is 5.56 Å². The molecule has 0 aromatic heterocycles. The Morgan fingerprint density at radius 3 is 2.56 bits per heavy atom. The number of ether oxygens (including phenoxy) is 3. The zero-order valence-corrected chi connectivity index (χ0v) is 13.9. The van der Waals surface area contributed by atoms with Gasteiger partial charge in [-0.1, -0.05) is 6.07 Å². The molecule has 2 aromatic carbocycles. The van der Waals surface area contributed by atoms with Gasteiger partial charge < -0.3 is 19.5 Å². The number of benzene rings is 2. The molecule has 2 aromatic rings. The summed E-state index contributed by atoms with van der Waals surface area (Å²) in [6.45, 7) is -2.58. The Labute approximate surface area is 144 Å². The van der Waals surface area contributed by atoms with E-state index in [-0.39, 0.29) is 17.2 Å². The molecule has 134 valence electrons. The molecular weight excluding hydrogens is 332 g/mol. The van der Waals surface area contributed by atoms with E-state index in [0.29, 0.717) is 24.5 Å². The fourth-order valence-electron chi connectivity index (χ4n) is 2.30. The second-order valence-corrected chi connectivity index (χ2v) is 5.09. The smallest absolute Gasteiger partial charge is 0.387 e. The van der Waals surface area contributed by atoms with Crippen molar-refractivity contribution in [3.8, 4) is 17.2 Å². The van der Waals surface area contributed by atoms with Crippen molar-refractivity contribution in [2.75, 3.05) is 20.8 Å². The van der Waals surface area contributed by atoms with Crippen molar-refractivity contribution in [1.82, 2.24) is 5.32 Å². The van der Waals surface area contributed by atoms with Gasteiger partial charge in [0, 0.05) is 12.1 Å². The molecule has 0 radical (unpaired) electrons. The van der Waals surface area contributed by atoms with Gasteiger partial charge in [-0.15, -0.1) is 0 Å². The number of alkyl halides is 2. The summed E-state index contributed by atoms with van der Waals surface area (Å²) in [6.07, 6.45) is 0.527. The molecule has 0 heterocycles. The minimum atomic E-state index is -2.93. The molecule has 2 rings (SSSR count). The van der Waals surface area contributed by atoms with Gasteiger partial charge >= 0.3 is 6.61 Å². The average Bonchev–Trinajstić information content (AvgIpc) is 2.61. The van der Waals surface area contributed by atoms with Crippen molar-refractivity contribution < 1.29 is 27.8 Å². The highest BCUT2D eigenvalue weighted by Crippen LogP contribution is 2.24. The first kappa shape index (κ1) is 18.5. The van der Waals surface area contributed by atoms with Crippen LogP contribution in [0.25, 0.3) is 0 Å². The van der Waals surface area contributed by atoms with Crippen LogP contribution >= 0.6 is 0 Å². The molecule has 0 aliphatic carbocycles. The number of methoxy groups -OCH3 is 2. The van der Waals surface area contributed by atoms with Crippen LogP contribution in [0.5, 0.6) is 17.2 Å². The fourth-order valence-corrected chi connectivity index (χ4v) is 2.30. The van der Waals surface area contributed by atoms with Crippen LogP contribution in [-0.2, 0) is 6.42 Å². The van der Waals surface area contributed by atoms with Gasteiger partial charge in [0.1, 0.15) is 17.2 Å². The standard InChI is InChI=1S/C18H19F2NO4/c1-23-14-6-7-16(24-2)12(10-14)8-9-21-17(22)13-4-3-5-15(11-13)25-18(19)20/h3-7,10-11,18H,8-9H2,1-2H3,(H,21,22). The summed E-state index contributed by atoms with van der Waals surface area (Å²) in [5, 5.41) is 2.74. The quantitative estimate of drug-likeness (QED) is 0.793. The summed E-state index contributed by atoms with van der Waals surface area (Å²) in [6, 6.07) is 11.1. The van der Waals surface area contributed by atoms with Crippen LogP contribution in [0.4, 0.5) is 8.78 Å². The first-order valence-electron chi connectivity index (χ1n) is 7.57. The Kier molecular flexibility index (Phi) is 6.56. The number of carbonyl (C=O) groups is 1. The van der Waals surface area contributed by atoms with Gasteiger partial charge in [-0.25, -0.2) is 0 Å². The molecule has 0 aliphatic rings. The molecule has 0 aliphatic heterocycles. The molecule has 0 spiro atoms. The third-order valence-electron chi connectivity index (χ3n) is 3.49. The van der Waals surface area contributed by atoms with E-state index in [1.165, 1.54) is 24.3 Å². The van der Waals surface area contributed by atoms with Gasteiger partial charge in [0.15, 0.2) is 0 Å². The van der Waals surface area contributed by atoms with Crippen LogP contribution in [0.2, 0.25) is 0 Å². The van der Waals surface area contributed by atoms with Gasteiger partial charge in [-0.2, -0.15) is 8.78 Å². The fraction of sp³-hybridized carbons (Fsp3) is 0.278. The number of halogens is 2. The van der Waals surface area contributed by atoms with Crippen LogP contribution in [-0.4, -0.2) is 33.3 Å². The summed E-state index contributed by atoms with van der Waals surface area (Å²) >= 11 is 0. The van der Waals surface area contributed by atoms with Gasteiger partial charge in [-0.3, -0.25) is 4.79 Å². The third kappa shape index (κ3) is 5.34. The molecule has 0 saturated carbocycles. The first-order valence-corrected chi connectivity index (χ1v) is 7.57. The molecule has 1 amide bonds. The largest absolute Gasteiger partial charge is 0.497 e. The maximum absolute atomic E-state index is 12.2. The van der Waals surface area contributed by atoms with Gasteiger partial charge in [0.05, 0.1) is 14.2 Å². The predicted molar refractivity (Wildman–Crippen MR) is 88.7 cm³/mol. The zero-order valence-electron chi connectivity index (χ0n) is 13.9. The number of carbonyl (C=O) groups excluding carboxylic acids is 1. The molecule has 0 saturated heterocycles. The molecule has 1 N–H and O–H groups in total. The second-order valence-electron chi connectivity index (χ2n) is 5.09. The Hall–Kier alpha value is -2.83. The lowest BCUT2D eigenvalue weighted by Crippen LogP contribution is -2.25. The molecule has 5 nitrogen and oxygen atoms in total. The maximum atomic E-state index is 12.2. The van der Waals surface area contributed by atoms with E-state index in [1.54, 1.807) is 26.4 Å². The van der Waals surface area contributed by atoms with Crippen molar-refractivity contribution in [3.63, 3.8) is 0 Å². The zero-order chi connectivity index (χ0) is 18.2. The lowest BCUT2D eigenvalue weighted by Gasteiger charge is -2.11. The topological polar surface area (TPSA) is 56.8 Å². The Bertz CT molecular complexity index is 722. The molecule has 0 unspecified atom stereocenters. The Balaban J connectivity index is 1.97. The maximum Gasteiger partial charge on any atom is 0.387 e. The Morgan fingerprint density at radius 1 is 1.08 bits per heavy atom. The summed E-state index contributed by atoms with van der Waals surface area (Å²) in [7, 11) is 3.14. The van der Waals surface area contributed by atoms with E-state index in [2.05, 4.69) is 10.1 Å². The van der Waals surface area contributed by atoms with Crippen molar-refractivity contribution in [2.24, 2.45) is 0 Å². The summed E-state index contributed by atoms with van der Waals surface area (Å²) < 4.78 is 39.2. The number of hydrogen-bond acceptors (Lipinski definition) is 4. The SMILES string of the molecule is COc1ccc(OC)c(CCNC(=O)c2cccc(OC(F)F)c2)c1. The van der Waals surface area contributed by atoms with Crippen LogP contribution in [0.3, 0.4) is 0 Å². The van der Waals surface area contributed by atoms with Gasteiger partial charge in [0.25, 0.3) is 5.91 Å². The van der Waals surface area contributed by atoms with Gasteiger partial charge in [0.2, 0.25) is 0 Å². The lowest BCUT2D eigenvalue weighted by atomic mass is 10.1.